The van der Waals surface area contributed by atoms with E-state index in [4.69, 9.17) is 9.15 Å². The van der Waals surface area contributed by atoms with Crippen LogP contribution in [-0.4, -0.2) is 15.2 Å². The van der Waals surface area contributed by atoms with Crippen LogP contribution in [0.5, 0.6) is 11.5 Å². The van der Waals surface area contributed by atoms with Gasteiger partial charge in [-0.1, -0.05) is 84.9 Å². The molecule has 1 aliphatic heterocycles. The summed E-state index contributed by atoms with van der Waals surface area (Å²) in [6.45, 7) is 0. The Morgan fingerprint density at radius 2 is 1.10 bits per heavy atom. The second kappa shape index (κ2) is 8.66. The van der Waals surface area contributed by atoms with E-state index in [0.717, 1.165) is 45.1 Å². The van der Waals surface area contributed by atoms with Crippen LogP contribution in [0.15, 0.2) is 138 Å². The van der Waals surface area contributed by atoms with Crippen LogP contribution in [0, 0.1) is 0 Å². The monoisotopic (exact) mass is 541 g/mol. The molecule has 2 aliphatic rings. The highest BCUT2D eigenvalue weighted by molar-refractivity contribution is 5.89. The van der Waals surface area contributed by atoms with Gasteiger partial charge in [0.05, 0.1) is 5.41 Å². The maximum Gasteiger partial charge on any atom is 0.264 e. The van der Waals surface area contributed by atoms with Crippen molar-refractivity contribution >= 4 is 0 Å². The first-order chi connectivity index (χ1) is 20.8. The van der Waals surface area contributed by atoms with Crippen molar-refractivity contribution in [2.24, 2.45) is 0 Å². The molecule has 1 aliphatic carbocycles. The highest BCUT2D eigenvalue weighted by Gasteiger charge is 2.50. The van der Waals surface area contributed by atoms with E-state index in [0.29, 0.717) is 11.8 Å². The molecule has 0 radical (unpaired) electrons. The zero-order valence-electron chi connectivity index (χ0n) is 22.4. The van der Waals surface area contributed by atoms with Crippen LogP contribution in [0.2, 0.25) is 0 Å². The fraction of sp³-hybridized carbons (Fsp3) is 0.0270. The number of hydrogen-bond donors (Lipinski definition) is 1. The lowest BCUT2D eigenvalue weighted by Crippen LogP contribution is -2.32. The summed E-state index contributed by atoms with van der Waals surface area (Å²) in [6.07, 6.45) is 0. The Hall–Kier alpha value is -5.68. The van der Waals surface area contributed by atoms with Gasteiger partial charge in [0.2, 0.25) is 5.89 Å². The summed E-state index contributed by atoms with van der Waals surface area (Å²) in [5.74, 6) is 2.69. The maximum atomic E-state index is 6.56. The van der Waals surface area contributed by atoms with Gasteiger partial charge < -0.3 is 14.1 Å². The fourth-order valence-corrected chi connectivity index (χ4v) is 6.74. The lowest BCUT2D eigenvalue weighted by atomic mass is 9.66. The molecule has 0 saturated carbocycles. The number of benzene rings is 5. The smallest absolute Gasteiger partial charge is 0.264 e. The molecule has 0 fully saturated rings. The number of para-hydroxylation sites is 1. The highest BCUT2D eigenvalue weighted by Crippen LogP contribution is 2.62. The van der Waals surface area contributed by atoms with Crippen LogP contribution in [0.1, 0.15) is 22.3 Å². The second-order valence-corrected chi connectivity index (χ2v) is 10.7. The SMILES string of the molecule is c1ccc(-c2nnc(-c3ccc(-c4ccc5c(c4)C4(c6ccccc6O5)c5ccccc5-c5ccccc54)[nH]3)o2)cc1. The van der Waals surface area contributed by atoms with Gasteiger partial charge in [0.15, 0.2) is 0 Å². The maximum absolute atomic E-state index is 6.56. The predicted octanol–water partition coefficient (Wildman–Crippen LogP) is 8.87. The van der Waals surface area contributed by atoms with E-state index in [2.05, 4.69) is 106 Å². The topological polar surface area (TPSA) is 63.9 Å². The molecule has 5 aromatic carbocycles. The molecule has 0 saturated heterocycles. The van der Waals surface area contributed by atoms with Crippen LogP contribution in [0.25, 0.3) is 45.4 Å². The Labute approximate surface area is 242 Å². The zero-order chi connectivity index (χ0) is 27.7. The lowest BCUT2D eigenvalue weighted by molar-refractivity contribution is 0.436. The lowest BCUT2D eigenvalue weighted by Gasteiger charge is -2.39. The Bertz CT molecular complexity index is 2090. The molecule has 5 heteroatoms. The van der Waals surface area contributed by atoms with E-state index in [1.165, 1.54) is 22.3 Å². The number of ether oxygens (including phenoxy) is 1. The van der Waals surface area contributed by atoms with Crippen molar-refractivity contribution in [3.63, 3.8) is 0 Å². The minimum absolute atomic E-state index is 0.449. The molecule has 0 amide bonds. The minimum Gasteiger partial charge on any atom is -0.457 e. The van der Waals surface area contributed by atoms with Crippen molar-refractivity contribution < 1.29 is 9.15 Å². The number of aromatic nitrogens is 3. The third-order valence-corrected chi connectivity index (χ3v) is 8.52. The predicted molar refractivity (Wildman–Crippen MR) is 162 cm³/mol. The molecule has 5 nitrogen and oxygen atoms in total. The van der Waals surface area contributed by atoms with E-state index in [-0.39, 0.29) is 0 Å². The van der Waals surface area contributed by atoms with E-state index in [1.54, 1.807) is 0 Å². The first-order valence-electron chi connectivity index (χ1n) is 14.0. The van der Waals surface area contributed by atoms with Gasteiger partial charge in [-0.2, -0.15) is 0 Å². The van der Waals surface area contributed by atoms with Crippen molar-refractivity contribution in [2.45, 2.75) is 5.41 Å². The van der Waals surface area contributed by atoms with E-state index >= 15 is 0 Å². The Balaban J connectivity index is 1.21. The molecular formula is C37H23N3O2. The third-order valence-electron chi connectivity index (χ3n) is 8.52. The molecule has 0 atom stereocenters. The van der Waals surface area contributed by atoms with Crippen molar-refractivity contribution in [1.82, 2.24) is 15.2 Å². The quantitative estimate of drug-likeness (QED) is 0.243. The Kier molecular flexibility index (Phi) is 4.75. The molecule has 0 bridgehead atoms. The van der Waals surface area contributed by atoms with Crippen molar-refractivity contribution in [1.29, 1.82) is 0 Å². The van der Waals surface area contributed by atoms with E-state index in [1.807, 2.05) is 42.5 Å². The van der Waals surface area contributed by atoms with Gasteiger partial charge in [-0.3, -0.25) is 0 Å². The van der Waals surface area contributed by atoms with Crippen molar-refractivity contribution in [3.8, 4) is 56.9 Å². The number of aromatic amines is 1. The van der Waals surface area contributed by atoms with Gasteiger partial charge in [0.25, 0.3) is 5.89 Å². The molecule has 3 heterocycles. The van der Waals surface area contributed by atoms with E-state index in [9.17, 15) is 0 Å². The Morgan fingerprint density at radius 3 is 1.88 bits per heavy atom. The van der Waals surface area contributed by atoms with Gasteiger partial charge in [-0.05, 0) is 76.3 Å². The van der Waals surface area contributed by atoms with Crippen LogP contribution in [-0.2, 0) is 5.41 Å². The molecule has 42 heavy (non-hydrogen) atoms. The van der Waals surface area contributed by atoms with Gasteiger partial charge >= 0.3 is 0 Å². The van der Waals surface area contributed by atoms with Gasteiger partial charge in [0, 0.05) is 22.4 Å². The van der Waals surface area contributed by atoms with Gasteiger partial charge in [-0.15, -0.1) is 10.2 Å². The van der Waals surface area contributed by atoms with Crippen LogP contribution >= 0.6 is 0 Å². The number of hydrogen-bond acceptors (Lipinski definition) is 4. The molecule has 1 spiro atoms. The summed E-state index contributed by atoms with van der Waals surface area (Å²) in [6, 6.07) is 46.2. The molecule has 1 N–H and O–H groups in total. The van der Waals surface area contributed by atoms with Gasteiger partial charge in [-0.25, -0.2) is 0 Å². The molecule has 7 aromatic rings. The summed E-state index contributed by atoms with van der Waals surface area (Å²) >= 11 is 0. The summed E-state index contributed by atoms with van der Waals surface area (Å²) in [5.41, 5.74) is 10.5. The number of fused-ring (bicyclic) bond motifs is 9. The zero-order valence-corrected chi connectivity index (χ0v) is 22.4. The summed E-state index contributed by atoms with van der Waals surface area (Å²) in [7, 11) is 0. The van der Waals surface area contributed by atoms with Crippen LogP contribution in [0.4, 0.5) is 0 Å². The van der Waals surface area contributed by atoms with Crippen LogP contribution < -0.4 is 4.74 Å². The average Bonchev–Trinajstić information content (AvgIpc) is 3.80. The molecular weight excluding hydrogens is 518 g/mol. The number of nitrogens with zero attached hydrogens (tertiary/aromatic N) is 2. The second-order valence-electron chi connectivity index (χ2n) is 10.7. The standard InChI is InChI=1S/C37H23N3O2/c1-2-10-23(11-3-1)35-39-40-36(42-35)32-20-19-31(38-32)24-18-21-34-30(22-24)37(29-16-8-9-17-33(29)41-34)27-14-6-4-12-25(27)26-13-5-7-15-28(26)37/h1-22,38H. The third kappa shape index (κ3) is 3.13. The number of H-pyrrole nitrogens is 1. The molecule has 9 rings (SSSR count). The van der Waals surface area contributed by atoms with Crippen LogP contribution in [0.3, 0.4) is 0 Å². The summed E-state index contributed by atoms with van der Waals surface area (Å²) in [4.78, 5) is 3.52. The minimum atomic E-state index is -0.500. The van der Waals surface area contributed by atoms with Crippen molar-refractivity contribution in [3.05, 3.63) is 156 Å². The largest absolute Gasteiger partial charge is 0.457 e. The summed E-state index contributed by atoms with van der Waals surface area (Å²) < 4.78 is 12.6. The highest BCUT2D eigenvalue weighted by atomic mass is 16.5. The number of nitrogens with one attached hydrogen (secondary N) is 1. The average molecular weight is 542 g/mol. The molecule has 0 unspecified atom stereocenters. The molecule has 2 aromatic heterocycles. The molecule has 198 valence electrons. The fourth-order valence-electron chi connectivity index (χ4n) is 6.74. The van der Waals surface area contributed by atoms with Crippen molar-refractivity contribution in [2.75, 3.05) is 0 Å². The first kappa shape index (κ1) is 23.1. The Morgan fingerprint density at radius 1 is 0.476 bits per heavy atom. The first-order valence-corrected chi connectivity index (χ1v) is 14.0. The number of rotatable bonds is 3. The normalized spacial score (nSPS) is 13.6. The van der Waals surface area contributed by atoms with E-state index < -0.39 is 5.41 Å². The summed E-state index contributed by atoms with van der Waals surface area (Å²) in [5, 5.41) is 8.57. The van der Waals surface area contributed by atoms with Gasteiger partial charge in [0.1, 0.15) is 17.2 Å².